The Hall–Kier alpha value is -2.45. The highest BCUT2D eigenvalue weighted by molar-refractivity contribution is 7.89. The first-order chi connectivity index (χ1) is 12.0. The molecule has 8 heteroatoms. The number of pyridine rings is 1. The maximum Gasteiger partial charge on any atom is 0.272 e. The molecule has 2 aliphatic rings. The lowest BCUT2D eigenvalue weighted by Gasteiger charge is -2.45. The summed E-state index contributed by atoms with van der Waals surface area (Å²) >= 11 is 0. The van der Waals surface area contributed by atoms with Gasteiger partial charge in [0.05, 0.1) is 5.69 Å². The minimum absolute atomic E-state index is 0.130. The summed E-state index contributed by atoms with van der Waals surface area (Å²) in [6, 6.07) is 12.1. The predicted molar refractivity (Wildman–Crippen MR) is 92.5 cm³/mol. The van der Waals surface area contributed by atoms with Crippen molar-refractivity contribution in [1.82, 2.24) is 14.6 Å². The molecule has 0 aliphatic carbocycles. The van der Waals surface area contributed by atoms with Gasteiger partial charge in [-0.15, -0.1) is 0 Å². The number of piperidine rings is 1. The molecule has 2 aliphatic heterocycles. The van der Waals surface area contributed by atoms with Crippen LogP contribution in [0.25, 0.3) is 0 Å². The predicted octanol–water partition coefficient (Wildman–Crippen LogP) is 1.42. The van der Waals surface area contributed by atoms with Crippen LogP contribution in [-0.4, -0.2) is 43.0 Å². The Kier molecular flexibility index (Phi) is 3.73. The number of nitrogens with one attached hydrogen (secondary N) is 2. The summed E-state index contributed by atoms with van der Waals surface area (Å²) in [6.07, 6.45) is 2.56. The maximum atomic E-state index is 12.5. The molecule has 4 rings (SSSR count). The van der Waals surface area contributed by atoms with Crippen molar-refractivity contribution in [3.63, 3.8) is 0 Å². The molecule has 2 N–H and O–H groups in total. The van der Waals surface area contributed by atoms with Crippen LogP contribution < -0.4 is 10.0 Å². The highest BCUT2D eigenvalue weighted by Gasteiger charge is 2.43. The molecule has 1 fully saturated rings. The van der Waals surface area contributed by atoms with E-state index in [2.05, 4.69) is 15.0 Å². The second-order valence-electron chi connectivity index (χ2n) is 6.32. The van der Waals surface area contributed by atoms with Gasteiger partial charge < -0.3 is 10.2 Å². The molecule has 130 valence electrons. The highest BCUT2D eigenvalue weighted by atomic mass is 32.2. The molecule has 0 atom stereocenters. The van der Waals surface area contributed by atoms with Crippen LogP contribution in [-0.2, 0) is 10.0 Å². The molecule has 0 bridgehead atoms. The lowest BCUT2D eigenvalue weighted by Crippen LogP contribution is -2.62. The fourth-order valence-electron chi connectivity index (χ4n) is 3.37. The number of sulfonamides is 1. The summed E-state index contributed by atoms with van der Waals surface area (Å²) in [7, 11) is -3.57. The Morgan fingerprint density at radius 3 is 2.52 bits per heavy atom. The van der Waals surface area contributed by atoms with Crippen molar-refractivity contribution in [3.05, 3.63) is 54.4 Å². The van der Waals surface area contributed by atoms with Gasteiger partial charge in [-0.25, -0.2) is 8.42 Å². The van der Waals surface area contributed by atoms with Crippen LogP contribution in [0, 0.1) is 0 Å². The number of benzene rings is 1. The van der Waals surface area contributed by atoms with Crippen LogP contribution >= 0.6 is 0 Å². The molecule has 0 radical (unpaired) electrons. The number of fused-ring (bicyclic) bond motifs is 1. The first-order valence-corrected chi connectivity index (χ1v) is 9.59. The fourth-order valence-corrected chi connectivity index (χ4v) is 4.92. The van der Waals surface area contributed by atoms with Gasteiger partial charge >= 0.3 is 0 Å². The summed E-state index contributed by atoms with van der Waals surface area (Å²) < 4.78 is 27.9. The third kappa shape index (κ3) is 2.87. The number of hydrogen-bond donors (Lipinski definition) is 2. The molecule has 3 heterocycles. The first-order valence-electron chi connectivity index (χ1n) is 8.11. The topological polar surface area (TPSA) is 91.4 Å². The zero-order chi connectivity index (χ0) is 17.5. The summed E-state index contributed by atoms with van der Waals surface area (Å²) in [5.41, 5.74) is 0.250. The van der Waals surface area contributed by atoms with Crippen LogP contribution in [0.2, 0.25) is 0 Å². The van der Waals surface area contributed by atoms with Crippen molar-refractivity contribution in [2.45, 2.75) is 23.4 Å². The van der Waals surface area contributed by atoms with Crippen LogP contribution in [0.1, 0.15) is 23.3 Å². The monoisotopic (exact) mass is 358 g/mol. The Bertz CT molecular complexity index is 907. The smallest absolute Gasteiger partial charge is 0.272 e. The zero-order valence-corrected chi connectivity index (χ0v) is 14.3. The van der Waals surface area contributed by atoms with Crippen LogP contribution in [0.4, 0.5) is 5.69 Å². The van der Waals surface area contributed by atoms with Gasteiger partial charge in [-0.05, 0) is 24.3 Å². The van der Waals surface area contributed by atoms with E-state index in [4.69, 9.17) is 0 Å². The number of hydrogen-bond acceptors (Lipinski definition) is 5. The average Bonchev–Trinajstić information content (AvgIpc) is 2.62. The standard InChI is InChI=1S/C17H18N4O3S/c22-16(14-6-3-4-10-18-14)21-11-8-17(9-12-21)19-13-5-1-2-7-15(13)25(23,24)20-17/h1-7,10,19-20H,8-9,11-12H2. The average molecular weight is 358 g/mol. The molecule has 1 saturated heterocycles. The molecular formula is C17H18N4O3S. The van der Waals surface area contributed by atoms with Crippen molar-refractivity contribution in [3.8, 4) is 0 Å². The Morgan fingerprint density at radius 2 is 1.80 bits per heavy atom. The quantitative estimate of drug-likeness (QED) is 0.804. The summed E-state index contributed by atoms with van der Waals surface area (Å²) in [4.78, 5) is 18.6. The van der Waals surface area contributed by atoms with Crippen molar-refractivity contribution in [2.24, 2.45) is 0 Å². The third-order valence-corrected chi connectivity index (χ3v) is 6.26. The number of carbonyl (C=O) groups is 1. The number of nitrogens with zero attached hydrogens (tertiary/aromatic N) is 2. The van der Waals surface area contributed by atoms with Gasteiger partial charge in [0, 0.05) is 32.1 Å². The summed E-state index contributed by atoms with van der Waals surface area (Å²) in [5.74, 6) is -0.130. The molecule has 7 nitrogen and oxygen atoms in total. The zero-order valence-electron chi connectivity index (χ0n) is 13.5. The van der Waals surface area contributed by atoms with Crippen molar-refractivity contribution in [1.29, 1.82) is 0 Å². The normalized spacial score (nSPS) is 20.6. The largest absolute Gasteiger partial charge is 0.365 e. The van der Waals surface area contributed by atoms with Crippen molar-refractivity contribution < 1.29 is 13.2 Å². The van der Waals surface area contributed by atoms with Gasteiger partial charge in [0.15, 0.2) is 0 Å². The maximum absolute atomic E-state index is 12.5. The van der Waals surface area contributed by atoms with E-state index in [0.717, 1.165) is 0 Å². The molecule has 1 aromatic carbocycles. The highest BCUT2D eigenvalue weighted by Crippen LogP contribution is 2.34. The number of aromatic nitrogens is 1. The van der Waals surface area contributed by atoms with Gasteiger partial charge in [0.25, 0.3) is 5.91 Å². The molecular weight excluding hydrogens is 340 g/mol. The van der Waals surface area contributed by atoms with Gasteiger partial charge in [-0.3, -0.25) is 9.78 Å². The lowest BCUT2D eigenvalue weighted by molar-refractivity contribution is 0.0670. The summed E-state index contributed by atoms with van der Waals surface area (Å²) in [6.45, 7) is 0.903. The van der Waals surface area contributed by atoms with E-state index < -0.39 is 15.7 Å². The third-order valence-electron chi connectivity index (χ3n) is 4.67. The van der Waals surface area contributed by atoms with Crippen LogP contribution in [0.3, 0.4) is 0 Å². The Balaban J connectivity index is 1.53. The Morgan fingerprint density at radius 1 is 1.08 bits per heavy atom. The molecule has 0 saturated carbocycles. The van der Waals surface area contributed by atoms with E-state index >= 15 is 0 Å². The van der Waals surface area contributed by atoms with Gasteiger partial charge in [-0.1, -0.05) is 18.2 Å². The van der Waals surface area contributed by atoms with Crippen LogP contribution in [0.15, 0.2) is 53.6 Å². The van der Waals surface area contributed by atoms with E-state index in [1.165, 1.54) is 0 Å². The number of amides is 1. The van der Waals surface area contributed by atoms with Crippen LogP contribution in [0.5, 0.6) is 0 Å². The summed E-state index contributed by atoms with van der Waals surface area (Å²) in [5, 5.41) is 3.32. The second kappa shape index (κ2) is 5.82. The minimum Gasteiger partial charge on any atom is -0.365 e. The molecule has 2 aromatic rings. The van der Waals surface area contributed by atoms with E-state index in [9.17, 15) is 13.2 Å². The van der Waals surface area contributed by atoms with E-state index in [1.54, 1.807) is 53.6 Å². The van der Waals surface area contributed by atoms with E-state index in [-0.39, 0.29) is 10.8 Å². The second-order valence-corrected chi connectivity index (χ2v) is 7.97. The lowest BCUT2D eigenvalue weighted by atomic mass is 9.96. The molecule has 1 amide bonds. The van der Waals surface area contributed by atoms with Crippen molar-refractivity contribution >= 4 is 21.6 Å². The van der Waals surface area contributed by atoms with E-state index in [0.29, 0.717) is 37.3 Å². The molecule has 25 heavy (non-hydrogen) atoms. The van der Waals surface area contributed by atoms with Gasteiger partial charge in [-0.2, -0.15) is 4.72 Å². The minimum atomic E-state index is -3.57. The molecule has 1 spiro atoms. The molecule has 1 aromatic heterocycles. The Labute approximate surface area is 146 Å². The van der Waals surface area contributed by atoms with E-state index in [1.807, 2.05) is 0 Å². The number of para-hydroxylation sites is 1. The number of anilines is 1. The first kappa shape index (κ1) is 16.0. The SMILES string of the molecule is O=C(c1ccccn1)N1CCC2(CC1)Nc1ccccc1S(=O)(=O)N2. The molecule has 0 unspecified atom stereocenters. The number of rotatable bonds is 1. The fraction of sp³-hybridized carbons (Fsp3) is 0.294. The van der Waals surface area contributed by atoms with Gasteiger partial charge in [0.1, 0.15) is 16.3 Å². The van der Waals surface area contributed by atoms with Crippen molar-refractivity contribution in [2.75, 3.05) is 18.4 Å². The number of carbonyl (C=O) groups excluding carboxylic acids is 1. The van der Waals surface area contributed by atoms with Gasteiger partial charge in [0.2, 0.25) is 10.0 Å². The number of likely N-dealkylation sites (tertiary alicyclic amines) is 1.